The number of rotatable bonds is 6. The molecule has 2 N–H and O–H groups in total. The maximum Gasteiger partial charge on any atom is 0.294 e. The van der Waals surface area contributed by atoms with Crippen molar-refractivity contribution < 1.29 is 29.0 Å². The summed E-state index contributed by atoms with van der Waals surface area (Å²) in [7, 11) is 0. The first-order valence-corrected chi connectivity index (χ1v) is 12.2. The van der Waals surface area contributed by atoms with Crippen LogP contribution in [-0.4, -0.2) is 28.5 Å². The zero-order valence-corrected chi connectivity index (χ0v) is 21.3. The number of phenolic OH excluding ortho intramolecular Hbond substituents is 1. The molecule has 1 aliphatic rings. The van der Waals surface area contributed by atoms with Crippen LogP contribution in [0, 0.1) is 6.92 Å². The summed E-state index contributed by atoms with van der Waals surface area (Å²) in [5.41, 5.74) is 1.69. The van der Waals surface area contributed by atoms with E-state index in [1.165, 1.54) is 23.1 Å². The smallest absolute Gasteiger partial charge is 0.294 e. The molecule has 0 bridgehead atoms. The van der Waals surface area contributed by atoms with Crippen LogP contribution in [0.2, 0.25) is 10.0 Å². The van der Waals surface area contributed by atoms with E-state index in [9.17, 15) is 19.8 Å². The minimum atomic E-state index is -1.06. The quantitative estimate of drug-likeness (QED) is 0.258. The van der Waals surface area contributed by atoms with Gasteiger partial charge in [0.2, 0.25) is 5.78 Å². The summed E-state index contributed by atoms with van der Waals surface area (Å²) >= 11 is 12.4. The lowest BCUT2D eigenvalue weighted by molar-refractivity contribution is -0.117. The van der Waals surface area contributed by atoms with Gasteiger partial charge in [-0.05, 0) is 73.5 Å². The molecular formula is C28H21Cl2NO6. The molecule has 0 saturated heterocycles. The van der Waals surface area contributed by atoms with Gasteiger partial charge in [-0.25, -0.2) is 0 Å². The molecule has 37 heavy (non-hydrogen) atoms. The van der Waals surface area contributed by atoms with Crippen molar-refractivity contribution in [1.82, 2.24) is 0 Å². The second kappa shape index (κ2) is 9.50. The van der Waals surface area contributed by atoms with Crippen LogP contribution in [0.4, 0.5) is 5.69 Å². The normalized spacial score (nSPS) is 15.6. The summed E-state index contributed by atoms with van der Waals surface area (Å²) in [6.07, 6.45) is 0. The van der Waals surface area contributed by atoms with Gasteiger partial charge in [0, 0.05) is 21.1 Å². The number of amides is 1. The molecule has 188 valence electrons. The van der Waals surface area contributed by atoms with Crippen molar-refractivity contribution in [2.45, 2.75) is 19.9 Å². The number of furan rings is 1. The number of nitrogens with zero attached hydrogens (tertiary/aromatic N) is 1. The number of carbonyl (C=O) groups is 2. The lowest BCUT2D eigenvalue weighted by Gasteiger charge is -2.28. The summed E-state index contributed by atoms with van der Waals surface area (Å²) in [6, 6.07) is 14.9. The molecule has 0 fully saturated rings. The zero-order chi connectivity index (χ0) is 26.4. The highest BCUT2D eigenvalue weighted by molar-refractivity contribution is 6.32. The summed E-state index contributed by atoms with van der Waals surface area (Å²) in [5.74, 6) is -2.15. The zero-order valence-electron chi connectivity index (χ0n) is 19.8. The molecule has 0 spiro atoms. The second-order valence-corrected chi connectivity index (χ2v) is 9.35. The standard InChI is InChI=1S/C28H21Cl2NO6/c1-3-36-22-12-15(7-9-20(22)32)25-24(26(33)23-13-16-11-17(29)8-10-21(16)37-23)27(34)28(35)31(25)19-6-4-5-18(30)14(19)2/h4-13,25,32,34H,3H2,1-2H3. The first-order valence-electron chi connectivity index (χ1n) is 11.4. The average molecular weight is 538 g/mol. The summed E-state index contributed by atoms with van der Waals surface area (Å²) < 4.78 is 11.3. The third-order valence-electron chi connectivity index (χ3n) is 6.25. The van der Waals surface area contributed by atoms with E-state index < -0.39 is 23.5 Å². The van der Waals surface area contributed by atoms with Gasteiger partial charge in [0.1, 0.15) is 5.58 Å². The molecule has 9 heteroatoms. The molecule has 0 saturated carbocycles. The number of fused-ring (bicyclic) bond motifs is 1. The maximum absolute atomic E-state index is 13.8. The summed E-state index contributed by atoms with van der Waals surface area (Å²) in [4.78, 5) is 28.6. The van der Waals surface area contributed by atoms with E-state index in [2.05, 4.69) is 0 Å². The third-order valence-corrected chi connectivity index (χ3v) is 6.90. The van der Waals surface area contributed by atoms with E-state index in [-0.39, 0.29) is 29.4 Å². The van der Waals surface area contributed by atoms with Crippen LogP contribution >= 0.6 is 23.2 Å². The number of aliphatic hydroxyl groups is 1. The highest BCUT2D eigenvalue weighted by atomic mass is 35.5. The number of aromatic hydroxyl groups is 1. The Balaban J connectivity index is 1.70. The number of hydrogen-bond acceptors (Lipinski definition) is 6. The number of ketones is 1. The molecule has 4 aromatic rings. The number of Topliss-reactive ketones (excluding diaryl/α,β-unsaturated/α-hetero) is 1. The van der Waals surface area contributed by atoms with Gasteiger partial charge in [-0.1, -0.05) is 35.3 Å². The molecule has 1 aliphatic heterocycles. The van der Waals surface area contributed by atoms with Crippen LogP contribution in [0.25, 0.3) is 11.0 Å². The predicted molar refractivity (Wildman–Crippen MR) is 141 cm³/mol. The average Bonchev–Trinajstić information content (AvgIpc) is 3.40. The molecule has 1 unspecified atom stereocenters. The monoisotopic (exact) mass is 537 g/mol. The minimum Gasteiger partial charge on any atom is -0.504 e. The first-order chi connectivity index (χ1) is 17.7. The number of ether oxygens (including phenoxy) is 1. The minimum absolute atomic E-state index is 0.0647. The molecular weight excluding hydrogens is 517 g/mol. The van der Waals surface area contributed by atoms with Gasteiger partial charge in [-0.2, -0.15) is 0 Å². The Morgan fingerprint density at radius 2 is 1.86 bits per heavy atom. The Morgan fingerprint density at radius 1 is 1.08 bits per heavy atom. The van der Waals surface area contributed by atoms with Gasteiger partial charge in [0.25, 0.3) is 5.91 Å². The fourth-order valence-electron chi connectivity index (χ4n) is 4.49. The van der Waals surface area contributed by atoms with E-state index in [4.69, 9.17) is 32.4 Å². The summed E-state index contributed by atoms with van der Waals surface area (Å²) in [5, 5.41) is 22.8. The Labute approximate surface area is 222 Å². The van der Waals surface area contributed by atoms with E-state index >= 15 is 0 Å². The Bertz CT molecular complexity index is 1610. The van der Waals surface area contributed by atoms with Gasteiger partial charge < -0.3 is 19.4 Å². The highest BCUT2D eigenvalue weighted by Gasteiger charge is 2.46. The Kier molecular flexibility index (Phi) is 6.35. The van der Waals surface area contributed by atoms with Crippen LogP contribution in [0.15, 0.2) is 76.4 Å². The van der Waals surface area contributed by atoms with E-state index in [1.807, 2.05) is 0 Å². The van der Waals surface area contributed by atoms with Crippen molar-refractivity contribution >= 4 is 51.5 Å². The molecule has 1 amide bonds. The van der Waals surface area contributed by atoms with Gasteiger partial charge in [0.15, 0.2) is 23.0 Å². The van der Waals surface area contributed by atoms with Crippen LogP contribution in [0.3, 0.4) is 0 Å². The Hall–Kier alpha value is -3.94. The molecule has 5 rings (SSSR count). The number of carbonyl (C=O) groups excluding carboxylic acids is 2. The molecule has 1 aromatic heterocycles. The van der Waals surface area contributed by atoms with Gasteiger partial charge in [0.05, 0.1) is 18.2 Å². The number of anilines is 1. The Morgan fingerprint density at radius 3 is 2.62 bits per heavy atom. The molecule has 2 heterocycles. The number of phenols is 1. The molecule has 3 aromatic carbocycles. The lowest BCUT2D eigenvalue weighted by Crippen LogP contribution is -2.31. The summed E-state index contributed by atoms with van der Waals surface area (Å²) in [6.45, 7) is 3.79. The largest absolute Gasteiger partial charge is 0.504 e. The highest BCUT2D eigenvalue weighted by Crippen LogP contribution is 2.45. The second-order valence-electron chi connectivity index (χ2n) is 8.51. The fraction of sp³-hybridized carbons (Fsp3) is 0.143. The van der Waals surface area contributed by atoms with Crippen molar-refractivity contribution in [2.75, 3.05) is 11.5 Å². The molecule has 0 radical (unpaired) electrons. The predicted octanol–water partition coefficient (Wildman–Crippen LogP) is 6.94. The lowest BCUT2D eigenvalue weighted by atomic mass is 9.94. The van der Waals surface area contributed by atoms with Crippen molar-refractivity contribution in [3.63, 3.8) is 0 Å². The van der Waals surface area contributed by atoms with Crippen molar-refractivity contribution in [1.29, 1.82) is 0 Å². The van der Waals surface area contributed by atoms with Gasteiger partial charge in [-0.15, -0.1) is 0 Å². The number of halogens is 2. The third kappa shape index (κ3) is 4.20. The van der Waals surface area contributed by atoms with Crippen LogP contribution < -0.4 is 9.64 Å². The fourth-order valence-corrected chi connectivity index (χ4v) is 4.84. The number of aliphatic hydroxyl groups excluding tert-OH is 1. The van der Waals surface area contributed by atoms with E-state index in [1.54, 1.807) is 56.3 Å². The maximum atomic E-state index is 13.8. The molecule has 1 atom stereocenters. The van der Waals surface area contributed by atoms with Gasteiger partial charge in [-0.3, -0.25) is 14.5 Å². The van der Waals surface area contributed by atoms with Crippen LogP contribution in [0.1, 0.15) is 34.6 Å². The van der Waals surface area contributed by atoms with Crippen LogP contribution in [0.5, 0.6) is 11.5 Å². The number of hydrogen-bond donors (Lipinski definition) is 2. The van der Waals surface area contributed by atoms with E-state index in [0.29, 0.717) is 37.8 Å². The topological polar surface area (TPSA) is 100 Å². The van der Waals surface area contributed by atoms with E-state index in [0.717, 1.165) is 0 Å². The first kappa shape index (κ1) is 24.7. The SMILES string of the molecule is CCOc1cc(C2C(C(=O)c3cc4cc(Cl)ccc4o3)=C(O)C(=O)N2c2cccc(Cl)c2C)ccc1O. The molecule has 7 nitrogen and oxygen atoms in total. The van der Waals surface area contributed by atoms with Gasteiger partial charge >= 0.3 is 0 Å². The number of benzene rings is 3. The van der Waals surface area contributed by atoms with Crippen LogP contribution in [-0.2, 0) is 4.79 Å². The van der Waals surface area contributed by atoms with Crippen molar-refractivity contribution in [3.05, 3.63) is 98.9 Å². The van der Waals surface area contributed by atoms with Crippen molar-refractivity contribution in [3.8, 4) is 11.5 Å². The van der Waals surface area contributed by atoms with Crippen molar-refractivity contribution in [2.24, 2.45) is 0 Å². The molecule has 0 aliphatic carbocycles.